The van der Waals surface area contributed by atoms with Crippen molar-refractivity contribution in [2.75, 3.05) is 4.90 Å². The second-order valence-corrected chi connectivity index (χ2v) is 19.9. The van der Waals surface area contributed by atoms with Gasteiger partial charge in [-0.2, -0.15) is 0 Å². The Bertz CT molecular complexity index is 3160. The van der Waals surface area contributed by atoms with Crippen molar-refractivity contribution in [3.05, 3.63) is 180 Å². The van der Waals surface area contributed by atoms with Crippen LogP contribution in [0.3, 0.4) is 0 Å². The molecular weight excluding hydrogens is 725 g/mol. The summed E-state index contributed by atoms with van der Waals surface area (Å²) in [6.45, 7) is 21.0. The van der Waals surface area contributed by atoms with Crippen LogP contribution >= 0.6 is 0 Å². The maximum absolute atomic E-state index is 2.59. The van der Waals surface area contributed by atoms with Gasteiger partial charge in [-0.05, 0) is 103 Å². The lowest BCUT2D eigenvalue weighted by Crippen LogP contribution is -2.20. The fourth-order valence-electron chi connectivity index (χ4n) is 9.40. The molecule has 60 heavy (non-hydrogen) atoms. The first-order chi connectivity index (χ1) is 28.7. The van der Waals surface area contributed by atoms with E-state index < -0.39 is 0 Å². The van der Waals surface area contributed by atoms with Crippen molar-refractivity contribution in [3.8, 4) is 16.8 Å². The zero-order valence-corrected chi connectivity index (χ0v) is 36.5. The van der Waals surface area contributed by atoms with Gasteiger partial charge in [0.15, 0.2) is 0 Å². The van der Waals surface area contributed by atoms with Gasteiger partial charge in [0, 0.05) is 32.8 Å². The monoisotopic (exact) mass is 778 g/mol. The van der Waals surface area contributed by atoms with Crippen LogP contribution in [-0.2, 0) is 16.2 Å². The molecule has 0 N–H and O–H groups in total. The van der Waals surface area contributed by atoms with E-state index >= 15 is 0 Å². The van der Waals surface area contributed by atoms with E-state index in [4.69, 9.17) is 0 Å². The van der Waals surface area contributed by atoms with E-state index in [9.17, 15) is 0 Å². The normalized spacial score (nSPS) is 12.8. The van der Waals surface area contributed by atoms with Gasteiger partial charge in [-0.3, -0.25) is 0 Å². The molecule has 10 aromatic rings. The molecule has 0 bridgehead atoms. The molecule has 296 valence electrons. The van der Waals surface area contributed by atoms with E-state index in [1.807, 2.05) is 0 Å². The Labute approximate surface area is 355 Å². The first-order valence-electron chi connectivity index (χ1n) is 21.5. The highest BCUT2D eigenvalue weighted by molar-refractivity contribution is 6.27. The minimum atomic E-state index is -0.0525. The lowest BCUT2D eigenvalue weighted by atomic mass is 9.80. The predicted octanol–water partition coefficient (Wildman–Crippen LogP) is 16.7. The third-order valence-corrected chi connectivity index (χ3v) is 12.8. The number of hydrogen-bond acceptors (Lipinski definition) is 1. The van der Waals surface area contributed by atoms with Gasteiger partial charge < -0.3 is 9.47 Å². The molecule has 0 radical (unpaired) electrons. The van der Waals surface area contributed by atoms with Crippen molar-refractivity contribution in [1.82, 2.24) is 4.57 Å². The number of para-hydroxylation sites is 2. The molecule has 9 aromatic carbocycles. The van der Waals surface area contributed by atoms with Gasteiger partial charge in [0.25, 0.3) is 0 Å². The summed E-state index contributed by atoms with van der Waals surface area (Å²) in [5, 5.41) is 10.1. The summed E-state index contributed by atoms with van der Waals surface area (Å²) >= 11 is 0. The third-order valence-electron chi connectivity index (χ3n) is 12.8. The summed E-state index contributed by atoms with van der Waals surface area (Å²) in [4.78, 5) is 2.59. The van der Waals surface area contributed by atoms with Gasteiger partial charge in [-0.1, -0.05) is 184 Å². The van der Waals surface area contributed by atoms with Crippen LogP contribution in [0.25, 0.3) is 70.9 Å². The maximum atomic E-state index is 2.59. The summed E-state index contributed by atoms with van der Waals surface area (Å²) in [6.07, 6.45) is 0. The van der Waals surface area contributed by atoms with Crippen molar-refractivity contribution in [3.63, 3.8) is 0 Å². The molecule has 0 amide bonds. The van der Waals surface area contributed by atoms with Gasteiger partial charge in [-0.15, -0.1) is 0 Å². The van der Waals surface area contributed by atoms with Crippen LogP contribution in [0.1, 0.15) is 79.0 Å². The highest BCUT2D eigenvalue weighted by Crippen LogP contribution is 2.49. The first-order valence-corrected chi connectivity index (χ1v) is 21.5. The Morgan fingerprint density at radius 2 is 0.900 bits per heavy atom. The number of anilines is 3. The van der Waals surface area contributed by atoms with Crippen molar-refractivity contribution < 1.29 is 0 Å². The van der Waals surface area contributed by atoms with E-state index in [1.165, 1.54) is 105 Å². The highest BCUT2D eigenvalue weighted by Gasteiger charge is 2.28. The quantitative estimate of drug-likeness (QED) is 0.158. The van der Waals surface area contributed by atoms with Crippen molar-refractivity contribution >= 4 is 71.2 Å². The van der Waals surface area contributed by atoms with Crippen LogP contribution in [0.2, 0.25) is 0 Å². The van der Waals surface area contributed by atoms with Crippen LogP contribution in [0.4, 0.5) is 17.1 Å². The Morgan fingerprint density at radius 3 is 1.50 bits per heavy atom. The molecule has 1 heterocycles. The number of aromatic nitrogens is 1. The highest BCUT2D eigenvalue weighted by atomic mass is 15.1. The molecule has 0 unspecified atom stereocenters. The molecule has 2 nitrogen and oxygen atoms in total. The summed E-state index contributed by atoms with van der Waals surface area (Å²) in [7, 11) is 0. The number of fused-ring (bicyclic) bond motifs is 3. The van der Waals surface area contributed by atoms with E-state index in [2.05, 4.69) is 236 Å². The molecule has 0 atom stereocenters. The van der Waals surface area contributed by atoms with Crippen molar-refractivity contribution in [2.24, 2.45) is 0 Å². The smallest absolute Gasteiger partial charge is 0.0543 e. The number of rotatable bonds is 5. The van der Waals surface area contributed by atoms with E-state index in [0.29, 0.717) is 0 Å². The molecule has 0 saturated carbocycles. The third kappa shape index (κ3) is 6.15. The molecule has 0 aliphatic heterocycles. The van der Waals surface area contributed by atoms with Crippen LogP contribution in [0, 0.1) is 0 Å². The number of nitrogens with zero attached hydrogens (tertiary/aromatic N) is 2. The molecule has 0 fully saturated rings. The Hall–Kier alpha value is -6.38. The Kier molecular flexibility index (Phi) is 8.57. The van der Waals surface area contributed by atoms with Crippen molar-refractivity contribution in [2.45, 2.75) is 78.6 Å². The number of hydrogen-bond donors (Lipinski definition) is 0. The van der Waals surface area contributed by atoms with Crippen LogP contribution in [-0.4, -0.2) is 4.57 Å². The Morgan fingerprint density at radius 1 is 0.383 bits per heavy atom. The van der Waals surface area contributed by atoms with Gasteiger partial charge >= 0.3 is 0 Å². The van der Waals surface area contributed by atoms with E-state index in [0.717, 1.165) is 0 Å². The maximum Gasteiger partial charge on any atom is 0.0543 e. The van der Waals surface area contributed by atoms with E-state index in [1.54, 1.807) is 0 Å². The second-order valence-electron chi connectivity index (χ2n) is 19.9. The van der Waals surface area contributed by atoms with Gasteiger partial charge in [0.05, 0.1) is 28.1 Å². The largest absolute Gasteiger partial charge is 0.309 e. The summed E-state index contributed by atoms with van der Waals surface area (Å²) in [5.41, 5.74) is 13.4. The molecular formula is C58H54N2. The second kappa shape index (κ2) is 13.6. The molecule has 0 aliphatic carbocycles. The minimum Gasteiger partial charge on any atom is -0.309 e. The fraction of sp³-hybridized carbons (Fsp3) is 0.207. The fourth-order valence-corrected chi connectivity index (χ4v) is 9.40. The minimum absolute atomic E-state index is 0.0503. The number of benzene rings is 9. The molecule has 0 aliphatic rings. The molecule has 1 aromatic heterocycles. The summed E-state index contributed by atoms with van der Waals surface area (Å²) < 4.78 is 2.47. The zero-order valence-electron chi connectivity index (χ0n) is 36.5. The molecule has 0 saturated heterocycles. The van der Waals surface area contributed by atoms with Gasteiger partial charge in [-0.25, -0.2) is 0 Å². The van der Waals surface area contributed by atoms with Crippen LogP contribution in [0.5, 0.6) is 0 Å². The van der Waals surface area contributed by atoms with Gasteiger partial charge in [0.2, 0.25) is 0 Å². The lowest BCUT2D eigenvalue weighted by Gasteiger charge is -2.34. The van der Waals surface area contributed by atoms with Crippen molar-refractivity contribution in [1.29, 1.82) is 0 Å². The van der Waals surface area contributed by atoms with E-state index in [-0.39, 0.29) is 16.2 Å². The summed E-state index contributed by atoms with van der Waals surface area (Å²) in [5.74, 6) is 0. The van der Waals surface area contributed by atoms with Gasteiger partial charge in [0.1, 0.15) is 0 Å². The first kappa shape index (κ1) is 37.9. The average Bonchev–Trinajstić information content (AvgIpc) is 3.56. The standard InChI is InChI=1S/C58H54N2/c1-56(2,3)40-27-30-44(37-17-11-10-12-18-37)53(36-40)59(43-34-41(57(4,5)6)33-42(35-43)58(7,8)9)51-31-25-38-24-29-48-52(32-26-39-23-28-47(51)54(38)55(39)48)60-49-21-15-13-19-45(49)46-20-14-16-22-50(46)60/h10-36H,1-9H3. The molecule has 2 heteroatoms. The predicted molar refractivity (Wildman–Crippen MR) is 261 cm³/mol. The topological polar surface area (TPSA) is 8.17 Å². The summed E-state index contributed by atoms with van der Waals surface area (Å²) in [6, 6.07) is 61.8. The Balaban J connectivity index is 1.32. The van der Waals surface area contributed by atoms with Crippen LogP contribution < -0.4 is 4.90 Å². The molecule has 0 spiro atoms. The zero-order chi connectivity index (χ0) is 41.7. The average molecular weight is 779 g/mol. The van der Waals surface area contributed by atoms with Crippen LogP contribution in [0.15, 0.2) is 164 Å². The SMILES string of the molecule is CC(C)(C)c1cc(N(c2cc(C(C)(C)C)ccc2-c2ccccc2)c2ccc3ccc4c(-n5c6ccccc6c6ccccc65)ccc5ccc2c3c54)cc(C(C)(C)C)c1. The molecule has 10 rings (SSSR count). The lowest BCUT2D eigenvalue weighted by molar-refractivity contribution is 0.569.